The predicted octanol–water partition coefficient (Wildman–Crippen LogP) is -0.525. The molecule has 7 nitrogen and oxygen atoms in total. The molecule has 1 atom stereocenters. The lowest BCUT2D eigenvalue weighted by molar-refractivity contribution is 0.267. The van der Waals surface area contributed by atoms with Crippen LogP contribution in [0.4, 0.5) is 0 Å². The quantitative estimate of drug-likeness (QED) is 0.764. The lowest BCUT2D eigenvalue weighted by Gasteiger charge is -2.13. The Bertz CT molecular complexity index is 582. The first-order valence-corrected chi connectivity index (χ1v) is 8.19. The summed E-state index contributed by atoms with van der Waals surface area (Å²) < 4.78 is 29.3. The second kappa shape index (κ2) is 5.80. The molecule has 8 heteroatoms. The second-order valence-electron chi connectivity index (χ2n) is 5.32. The van der Waals surface area contributed by atoms with Gasteiger partial charge in [0.25, 0.3) is 0 Å². The van der Waals surface area contributed by atoms with Gasteiger partial charge in [-0.1, -0.05) is 0 Å². The van der Waals surface area contributed by atoms with Crippen molar-refractivity contribution in [2.24, 2.45) is 0 Å². The first-order valence-electron chi connectivity index (χ1n) is 6.71. The van der Waals surface area contributed by atoms with Gasteiger partial charge in [-0.3, -0.25) is 4.68 Å². The molecule has 1 aliphatic rings. The Morgan fingerprint density at radius 3 is 2.70 bits per heavy atom. The maximum atomic E-state index is 12.5. The molecule has 0 saturated carbocycles. The van der Waals surface area contributed by atoms with Crippen molar-refractivity contribution in [2.45, 2.75) is 37.8 Å². The van der Waals surface area contributed by atoms with Crippen molar-refractivity contribution in [3.05, 3.63) is 11.4 Å². The van der Waals surface area contributed by atoms with Crippen molar-refractivity contribution in [3.63, 3.8) is 0 Å². The number of hydrogen-bond acceptors (Lipinski definition) is 5. The molecule has 1 aromatic rings. The summed E-state index contributed by atoms with van der Waals surface area (Å²) in [4.78, 5) is 2.34. The molecule has 1 aromatic heterocycles. The Labute approximate surface area is 119 Å². The molecule has 1 unspecified atom stereocenters. The third-order valence-corrected chi connectivity index (χ3v) is 5.38. The molecule has 0 aliphatic carbocycles. The van der Waals surface area contributed by atoms with E-state index < -0.39 is 10.0 Å². The van der Waals surface area contributed by atoms with Crippen molar-refractivity contribution < 1.29 is 13.5 Å². The molecular formula is C12H22N4O3S. The summed E-state index contributed by atoms with van der Waals surface area (Å²) in [5.41, 5.74) is 1.03. The van der Waals surface area contributed by atoms with Crippen molar-refractivity contribution >= 4 is 10.0 Å². The minimum Gasteiger partial charge on any atom is -0.394 e. The van der Waals surface area contributed by atoms with E-state index in [0.717, 1.165) is 19.5 Å². The summed E-state index contributed by atoms with van der Waals surface area (Å²) in [7, 11) is -1.59. The molecule has 1 aliphatic heterocycles. The van der Waals surface area contributed by atoms with Crippen LogP contribution in [0.2, 0.25) is 0 Å². The zero-order chi connectivity index (χ0) is 14.9. The third kappa shape index (κ3) is 3.03. The van der Waals surface area contributed by atoms with Crippen LogP contribution in [-0.2, 0) is 16.6 Å². The van der Waals surface area contributed by atoms with Gasteiger partial charge in [0.05, 0.1) is 24.5 Å². The minimum atomic E-state index is -3.57. The van der Waals surface area contributed by atoms with Crippen LogP contribution in [-0.4, -0.2) is 61.0 Å². The van der Waals surface area contributed by atoms with Crippen molar-refractivity contribution in [1.29, 1.82) is 0 Å². The molecule has 0 spiro atoms. The number of rotatable bonds is 5. The number of hydrogen-bond donors (Lipinski definition) is 2. The molecule has 0 aromatic carbocycles. The Hall–Kier alpha value is -0.960. The normalized spacial score (nSPS) is 20.7. The zero-order valence-electron chi connectivity index (χ0n) is 12.1. The predicted molar refractivity (Wildman–Crippen MR) is 75.0 cm³/mol. The molecule has 2 rings (SSSR count). The van der Waals surface area contributed by atoms with Crippen LogP contribution in [0.15, 0.2) is 4.90 Å². The van der Waals surface area contributed by atoms with E-state index in [1.54, 1.807) is 13.8 Å². The highest BCUT2D eigenvalue weighted by Crippen LogP contribution is 2.20. The van der Waals surface area contributed by atoms with Gasteiger partial charge < -0.3 is 10.0 Å². The second-order valence-corrected chi connectivity index (χ2v) is 6.97. The molecule has 0 bridgehead atoms. The SMILES string of the molecule is Cc1nn(CCO)c(C)c1S(=O)(=O)NC1CCN(C)C1. The lowest BCUT2D eigenvalue weighted by atomic mass is 10.3. The Balaban J connectivity index is 2.25. The number of nitrogens with one attached hydrogen (secondary N) is 1. The highest BCUT2D eigenvalue weighted by Gasteiger charge is 2.29. The van der Waals surface area contributed by atoms with Crippen LogP contribution in [0.25, 0.3) is 0 Å². The van der Waals surface area contributed by atoms with Crippen LogP contribution < -0.4 is 4.72 Å². The van der Waals surface area contributed by atoms with E-state index in [0.29, 0.717) is 17.9 Å². The van der Waals surface area contributed by atoms with Gasteiger partial charge in [-0.25, -0.2) is 13.1 Å². The lowest BCUT2D eigenvalue weighted by Crippen LogP contribution is -2.36. The van der Waals surface area contributed by atoms with Gasteiger partial charge in [-0.15, -0.1) is 0 Å². The standard InChI is InChI=1S/C12H22N4O3S/c1-9-12(10(2)16(13-9)6-7-17)20(18,19)14-11-4-5-15(3)8-11/h11,14,17H,4-8H2,1-3H3. The van der Waals surface area contributed by atoms with Gasteiger partial charge in [0.1, 0.15) is 4.90 Å². The Morgan fingerprint density at radius 2 is 2.15 bits per heavy atom. The fourth-order valence-corrected chi connectivity index (χ4v) is 4.36. The van der Waals surface area contributed by atoms with Crippen LogP contribution in [0.1, 0.15) is 17.8 Å². The maximum absolute atomic E-state index is 12.5. The van der Waals surface area contributed by atoms with Gasteiger partial charge in [-0.05, 0) is 33.9 Å². The van der Waals surface area contributed by atoms with E-state index in [1.165, 1.54) is 4.68 Å². The summed E-state index contributed by atoms with van der Waals surface area (Å²) in [5.74, 6) is 0. The molecular weight excluding hydrogens is 280 g/mol. The number of likely N-dealkylation sites (tertiary alicyclic amines) is 1. The van der Waals surface area contributed by atoms with Crippen LogP contribution >= 0.6 is 0 Å². The van der Waals surface area contributed by atoms with E-state index in [1.807, 2.05) is 7.05 Å². The van der Waals surface area contributed by atoms with Crippen molar-refractivity contribution in [2.75, 3.05) is 26.7 Å². The van der Waals surface area contributed by atoms with Gasteiger partial charge >= 0.3 is 0 Å². The minimum absolute atomic E-state index is 0.0509. The average Bonchev–Trinajstić information content (AvgIpc) is 2.84. The number of likely N-dealkylation sites (N-methyl/N-ethyl adjacent to an activating group) is 1. The van der Waals surface area contributed by atoms with Crippen LogP contribution in [0.5, 0.6) is 0 Å². The Kier molecular flexibility index (Phi) is 4.48. The molecule has 20 heavy (non-hydrogen) atoms. The zero-order valence-corrected chi connectivity index (χ0v) is 12.9. The summed E-state index contributed by atoms with van der Waals surface area (Å²) >= 11 is 0. The topological polar surface area (TPSA) is 87.5 Å². The van der Waals surface area contributed by atoms with Gasteiger partial charge in [0.2, 0.25) is 10.0 Å². The molecule has 2 heterocycles. The van der Waals surface area contributed by atoms with E-state index in [4.69, 9.17) is 5.11 Å². The summed E-state index contributed by atoms with van der Waals surface area (Å²) in [6, 6.07) is -0.0509. The van der Waals surface area contributed by atoms with Crippen molar-refractivity contribution in [3.8, 4) is 0 Å². The first kappa shape index (κ1) is 15.4. The van der Waals surface area contributed by atoms with Crippen molar-refractivity contribution in [1.82, 2.24) is 19.4 Å². The highest BCUT2D eigenvalue weighted by atomic mass is 32.2. The smallest absolute Gasteiger partial charge is 0.244 e. The van der Waals surface area contributed by atoms with Gasteiger partial charge in [0.15, 0.2) is 0 Å². The monoisotopic (exact) mass is 302 g/mol. The number of aryl methyl sites for hydroxylation is 1. The molecule has 0 amide bonds. The van der Waals surface area contributed by atoms with E-state index in [9.17, 15) is 8.42 Å². The molecule has 2 N–H and O–H groups in total. The van der Waals surface area contributed by atoms with Crippen LogP contribution in [0, 0.1) is 13.8 Å². The van der Waals surface area contributed by atoms with Gasteiger partial charge in [0, 0.05) is 12.6 Å². The number of aliphatic hydroxyl groups is 1. The van der Waals surface area contributed by atoms with E-state index >= 15 is 0 Å². The average molecular weight is 302 g/mol. The van der Waals surface area contributed by atoms with Crippen LogP contribution in [0.3, 0.4) is 0 Å². The Morgan fingerprint density at radius 1 is 1.45 bits per heavy atom. The largest absolute Gasteiger partial charge is 0.394 e. The van der Waals surface area contributed by atoms with E-state index in [-0.39, 0.29) is 17.5 Å². The fourth-order valence-electron chi connectivity index (χ4n) is 2.69. The van der Waals surface area contributed by atoms with E-state index in [2.05, 4.69) is 14.7 Å². The summed E-state index contributed by atoms with van der Waals surface area (Å²) in [5, 5.41) is 13.2. The fraction of sp³-hybridized carbons (Fsp3) is 0.750. The third-order valence-electron chi connectivity index (χ3n) is 3.61. The van der Waals surface area contributed by atoms with Gasteiger partial charge in [-0.2, -0.15) is 5.10 Å². The number of sulfonamides is 1. The molecule has 114 valence electrons. The number of nitrogens with zero attached hydrogens (tertiary/aromatic N) is 3. The first-order chi connectivity index (χ1) is 9.35. The summed E-state index contributed by atoms with van der Waals surface area (Å²) in [6.45, 7) is 5.24. The molecule has 0 radical (unpaired) electrons. The maximum Gasteiger partial charge on any atom is 0.244 e. The molecule has 1 fully saturated rings. The molecule has 1 saturated heterocycles. The highest BCUT2D eigenvalue weighted by molar-refractivity contribution is 7.89. The number of aromatic nitrogens is 2. The number of aliphatic hydroxyl groups excluding tert-OH is 1. The summed E-state index contributed by atoms with van der Waals surface area (Å²) in [6.07, 6.45) is 0.818.